The molecule has 1 heterocycles. The number of aromatic nitrogens is 1. The van der Waals surface area contributed by atoms with Crippen LogP contribution in [-0.2, 0) is 11.4 Å². The highest BCUT2D eigenvalue weighted by molar-refractivity contribution is 6.35. The minimum atomic E-state index is -0.730. The minimum Gasteiger partial charge on any atom is -0.487 e. The number of primary amides is 1. The first-order valence-corrected chi connectivity index (χ1v) is 8.68. The zero-order valence-corrected chi connectivity index (χ0v) is 15.4. The predicted octanol–water partition coefficient (Wildman–Crippen LogP) is 3.07. The van der Waals surface area contributed by atoms with E-state index in [2.05, 4.69) is 10.3 Å². The number of nitrogens with zero attached hydrogens (tertiary/aromatic N) is 1. The maximum atomic E-state index is 12.1. The zero-order chi connectivity index (χ0) is 19.4. The van der Waals surface area contributed by atoms with Crippen LogP contribution < -0.4 is 15.8 Å². The van der Waals surface area contributed by atoms with Gasteiger partial charge in [0.1, 0.15) is 23.9 Å². The normalized spacial score (nSPS) is 11.8. The van der Waals surface area contributed by atoms with Crippen molar-refractivity contribution in [1.82, 2.24) is 10.3 Å². The van der Waals surface area contributed by atoms with Gasteiger partial charge in [-0.1, -0.05) is 23.7 Å². The Kier molecular flexibility index (Phi) is 5.57. The Labute approximate surface area is 161 Å². The van der Waals surface area contributed by atoms with Crippen molar-refractivity contribution in [3.8, 4) is 5.75 Å². The van der Waals surface area contributed by atoms with Crippen molar-refractivity contribution < 1.29 is 14.3 Å². The van der Waals surface area contributed by atoms with Gasteiger partial charge >= 0.3 is 0 Å². The van der Waals surface area contributed by atoms with Crippen LogP contribution in [0.1, 0.15) is 22.8 Å². The molecule has 7 heteroatoms. The lowest BCUT2D eigenvalue weighted by atomic mass is 10.1. The maximum Gasteiger partial charge on any atom is 0.251 e. The van der Waals surface area contributed by atoms with Gasteiger partial charge in [0.15, 0.2) is 0 Å². The zero-order valence-electron chi connectivity index (χ0n) is 14.6. The fourth-order valence-corrected chi connectivity index (χ4v) is 2.71. The number of fused-ring (bicyclic) bond motifs is 1. The van der Waals surface area contributed by atoms with E-state index in [0.717, 1.165) is 10.9 Å². The van der Waals surface area contributed by atoms with Crippen LogP contribution in [0, 0.1) is 0 Å². The van der Waals surface area contributed by atoms with Crippen LogP contribution in [0.3, 0.4) is 0 Å². The van der Waals surface area contributed by atoms with Gasteiger partial charge in [-0.05, 0) is 48.9 Å². The number of nitrogens with two attached hydrogens (primary N) is 1. The molecule has 0 aliphatic carbocycles. The molecule has 1 unspecified atom stereocenters. The molecule has 1 aromatic heterocycles. The molecule has 3 rings (SSSR count). The molecule has 0 bridgehead atoms. The summed E-state index contributed by atoms with van der Waals surface area (Å²) in [6.45, 7) is 1.85. The summed E-state index contributed by atoms with van der Waals surface area (Å²) in [5.74, 6) is -0.314. The molecule has 3 N–H and O–H groups in total. The van der Waals surface area contributed by atoms with E-state index in [1.54, 1.807) is 42.6 Å². The molecule has 0 radical (unpaired) electrons. The van der Waals surface area contributed by atoms with Crippen LogP contribution in [0.2, 0.25) is 5.02 Å². The number of pyridine rings is 1. The van der Waals surface area contributed by atoms with Gasteiger partial charge in [0.25, 0.3) is 5.91 Å². The summed E-state index contributed by atoms with van der Waals surface area (Å²) in [5, 5.41) is 3.98. The number of ether oxygens (including phenoxy) is 1. The Bertz CT molecular complexity index is 989. The van der Waals surface area contributed by atoms with Crippen molar-refractivity contribution in [2.24, 2.45) is 5.73 Å². The minimum absolute atomic E-state index is 0.312. The lowest BCUT2D eigenvalue weighted by Crippen LogP contribution is -2.42. The molecule has 2 amide bonds. The van der Waals surface area contributed by atoms with Crippen LogP contribution in [-0.4, -0.2) is 22.8 Å². The number of carbonyl (C=O) groups is 2. The van der Waals surface area contributed by atoms with E-state index in [9.17, 15) is 9.59 Å². The molecule has 2 aromatic carbocycles. The van der Waals surface area contributed by atoms with Crippen LogP contribution in [0.15, 0.2) is 54.7 Å². The third kappa shape index (κ3) is 4.35. The van der Waals surface area contributed by atoms with Gasteiger partial charge in [0, 0.05) is 17.1 Å². The SMILES string of the molecule is CC(NC(=O)c1ccc(COc2ccc(Cl)c3cccnc23)cc1)C(N)=O. The fraction of sp³-hybridized carbons (Fsp3) is 0.150. The van der Waals surface area contributed by atoms with Crippen molar-refractivity contribution in [3.63, 3.8) is 0 Å². The first-order valence-electron chi connectivity index (χ1n) is 8.31. The number of halogens is 1. The molecule has 0 saturated carbocycles. The van der Waals surface area contributed by atoms with E-state index in [-0.39, 0.29) is 5.91 Å². The van der Waals surface area contributed by atoms with Gasteiger partial charge < -0.3 is 15.8 Å². The smallest absolute Gasteiger partial charge is 0.251 e. The molecule has 1 atom stereocenters. The average Bonchev–Trinajstić information content (AvgIpc) is 2.68. The molecular weight excluding hydrogens is 366 g/mol. The van der Waals surface area contributed by atoms with E-state index in [1.165, 1.54) is 6.92 Å². The lowest BCUT2D eigenvalue weighted by molar-refractivity contribution is -0.119. The molecule has 6 nitrogen and oxygen atoms in total. The average molecular weight is 384 g/mol. The van der Waals surface area contributed by atoms with Gasteiger partial charge in [0.05, 0.1) is 5.02 Å². The van der Waals surface area contributed by atoms with E-state index >= 15 is 0 Å². The van der Waals surface area contributed by atoms with Gasteiger partial charge in [-0.15, -0.1) is 0 Å². The summed E-state index contributed by atoms with van der Waals surface area (Å²) in [5.41, 5.74) is 7.16. The quantitative estimate of drug-likeness (QED) is 0.683. The number of rotatable bonds is 6. The Morgan fingerprint density at radius 2 is 1.93 bits per heavy atom. The first-order chi connectivity index (χ1) is 13.0. The van der Waals surface area contributed by atoms with Gasteiger partial charge in [-0.3, -0.25) is 14.6 Å². The summed E-state index contributed by atoms with van der Waals surface area (Å²) in [7, 11) is 0. The number of amides is 2. The second kappa shape index (κ2) is 8.05. The second-order valence-electron chi connectivity index (χ2n) is 6.03. The van der Waals surface area contributed by atoms with Crippen LogP contribution in [0.5, 0.6) is 5.75 Å². The molecule has 3 aromatic rings. The molecule has 138 valence electrons. The Balaban J connectivity index is 1.68. The summed E-state index contributed by atoms with van der Waals surface area (Å²) in [4.78, 5) is 27.4. The van der Waals surface area contributed by atoms with E-state index in [1.807, 2.05) is 12.1 Å². The van der Waals surface area contributed by atoms with Crippen molar-refractivity contribution in [3.05, 3.63) is 70.9 Å². The number of hydrogen-bond donors (Lipinski definition) is 2. The number of carbonyl (C=O) groups excluding carboxylic acids is 2. The molecular formula is C20H18ClN3O3. The standard InChI is InChI=1S/C20H18ClN3O3/c1-12(19(22)25)24-20(26)14-6-4-13(5-7-14)11-27-17-9-8-16(21)15-3-2-10-23-18(15)17/h2-10,12H,11H2,1H3,(H2,22,25)(H,24,26). The Morgan fingerprint density at radius 1 is 1.19 bits per heavy atom. The van der Waals surface area contributed by atoms with Crippen LogP contribution in [0.4, 0.5) is 0 Å². The highest BCUT2D eigenvalue weighted by Gasteiger charge is 2.13. The largest absolute Gasteiger partial charge is 0.487 e. The molecule has 0 aliphatic rings. The van der Waals surface area contributed by atoms with E-state index < -0.39 is 11.9 Å². The maximum absolute atomic E-state index is 12.1. The van der Waals surface area contributed by atoms with Gasteiger partial charge in [0.2, 0.25) is 5.91 Å². The van der Waals surface area contributed by atoms with Crippen molar-refractivity contribution in [2.75, 3.05) is 0 Å². The van der Waals surface area contributed by atoms with Crippen LogP contribution in [0.25, 0.3) is 10.9 Å². The third-order valence-electron chi connectivity index (χ3n) is 4.06. The topological polar surface area (TPSA) is 94.3 Å². The number of hydrogen-bond acceptors (Lipinski definition) is 4. The highest BCUT2D eigenvalue weighted by Crippen LogP contribution is 2.30. The fourth-order valence-electron chi connectivity index (χ4n) is 2.49. The summed E-state index contributed by atoms with van der Waals surface area (Å²) < 4.78 is 5.87. The summed E-state index contributed by atoms with van der Waals surface area (Å²) >= 11 is 6.19. The Hall–Kier alpha value is -3.12. The monoisotopic (exact) mass is 383 g/mol. The highest BCUT2D eigenvalue weighted by atomic mass is 35.5. The molecule has 27 heavy (non-hydrogen) atoms. The lowest BCUT2D eigenvalue weighted by Gasteiger charge is -2.11. The summed E-state index contributed by atoms with van der Waals surface area (Å²) in [6.07, 6.45) is 1.69. The molecule has 0 aliphatic heterocycles. The molecule has 0 fully saturated rings. The van der Waals surface area contributed by atoms with Crippen molar-refractivity contribution >= 4 is 34.3 Å². The van der Waals surface area contributed by atoms with Gasteiger partial charge in [-0.25, -0.2) is 0 Å². The van der Waals surface area contributed by atoms with Crippen molar-refractivity contribution in [2.45, 2.75) is 19.6 Å². The summed E-state index contributed by atoms with van der Waals surface area (Å²) in [6, 6.07) is 13.4. The number of nitrogens with one attached hydrogen (secondary N) is 1. The second-order valence-corrected chi connectivity index (χ2v) is 6.44. The Morgan fingerprint density at radius 3 is 2.63 bits per heavy atom. The molecule has 0 spiro atoms. The van der Waals surface area contributed by atoms with Crippen LogP contribution >= 0.6 is 11.6 Å². The molecule has 0 saturated heterocycles. The van der Waals surface area contributed by atoms with E-state index in [0.29, 0.717) is 28.5 Å². The predicted molar refractivity (Wildman–Crippen MR) is 104 cm³/mol. The third-order valence-corrected chi connectivity index (χ3v) is 4.39. The van der Waals surface area contributed by atoms with Crippen molar-refractivity contribution in [1.29, 1.82) is 0 Å². The van der Waals surface area contributed by atoms with E-state index in [4.69, 9.17) is 22.1 Å². The van der Waals surface area contributed by atoms with Gasteiger partial charge in [-0.2, -0.15) is 0 Å². The number of benzene rings is 2. The first kappa shape index (κ1) is 18.7.